The highest BCUT2D eigenvalue weighted by Gasteiger charge is 2.37. The van der Waals surface area contributed by atoms with Crippen molar-refractivity contribution in [2.45, 2.75) is 62.2 Å². The number of aromatic nitrogens is 4. The molecule has 6 nitrogen and oxygen atoms in total. The fraction of sp³-hybridized carbons (Fsp3) is 0.684. The standard InChI is InChI=1S/C19H24F3N5OS/c1-29-18-24-17-23-14(11-15(19(20,21)22)27(17)25-18)12-7-9-26(10-8-12)16(28)13-5-3-2-4-6-13/h11-13H,2-10H2,1H3. The zero-order valence-electron chi connectivity index (χ0n) is 16.3. The molecule has 2 fully saturated rings. The first-order valence-corrected chi connectivity index (χ1v) is 11.3. The molecule has 2 aliphatic rings. The van der Waals surface area contributed by atoms with Gasteiger partial charge in [0.25, 0.3) is 5.78 Å². The van der Waals surface area contributed by atoms with Crippen LogP contribution in [0.3, 0.4) is 0 Å². The average molecular weight is 427 g/mol. The Balaban J connectivity index is 1.52. The van der Waals surface area contributed by atoms with Crippen LogP contribution >= 0.6 is 11.8 Å². The van der Waals surface area contributed by atoms with Gasteiger partial charge in [-0.25, -0.2) is 4.98 Å². The maximum Gasteiger partial charge on any atom is 0.433 e. The molecule has 2 aromatic heterocycles. The van der Waals surface area contributed by atoms with Crippen molar-refractivity contribution in [3.8, 4) is 0 Å². The molecule has 0 spiro atoms. The summed E-state index contributed by atoms with van der Waals surface area (Å²) in [4.78, 5) is 23.1. The van der Waals surface area contributed by atoms with Gasteiger partial charge in [0, 0.05) is 30.6 Å². The van der Waals surface area contributed by atoms with Crippen LogP contribution < -0.4 is 0 Å². The zero-order valence-corrected chi connectivity index (χ0v) is 17.1. The molecule has 1 amide bonds. The third-order valence-corrected chi connectivity index (χ3v) is 6.50. The number of halogens is 3. The zero-order chi connectivity index (χ0) is 20.6. The van der Waals surface area contributed by atoms with E-state index in [9.17, 15) is 18.0 Å². The molecule has 2 aromatic rings. The number of rotatable bonds is 3. The lowest BCUT2D eigenvalue weighted by molar-refractivity contribution is -0.142. The van der Waals surface area contributed by atoms with Gasteiger partial charge in [0.2, 0.25) is 11.1 Å². The number of alkyl halides is 3. The summed E-state index contributed by atoms with van der Waals surface area (Å²) in [7, 11) is 0. The minimum absolute atomic E-state index is 0.0279. The summed E-state index contributed by atoms with van der Waals surface area (Å²) in [6.45, 7) is 1.13. The molecule has 158 valence electrons. The first-order chi connectivity index (χ1) is 13.9. The number of nitrogens with zero attached hydrogens (tertiary/aromatic N) is 5. The molecular weight excluding hydrogens is 403 g/mol. The third kappa shape index (κ3) is 4.22. The molecule has 0 aromatic carbocycles. The molecule has 4 rings (SSSR count). The van der Waals surface area contributed by atoms with Crippen LogP contribution in [0.15, 0.2) is 11.2 Å². The number of fused-ring (bicyclic) bond motifs is 1. The van der Waals surface area contributed by atoms with E-state index in [0.29, 0.717) is 31.6 Å². The van der Waals surface area contributed by atoms with Gasteiger partial charge in [0.05, 0.1) is 0 Å². The van der Waals surface area contributed by atoms with E-state index in [0.717, 1.165) is 36.3 Å². The van der Waals surface area contributed by atoms with Crippen LogP contribution in [0.1, 0.15) is 62.3 Å². The van der Waals surface area contributed by atoms with Crippen LogP contribution in [-0.2, 0) is 11.0 Å². The van der Waals surface area contributed by atoms with Crippen LogP contribution in [0, 0.1) is 5.92 Å². The van der Waals surface area contributed by atoms with Crippen LogP contribution in [0.2, 0.25) is 0 Å². The number of hydrogen-bond donors (Lipinski definition) is 0. The molecule has 1 aliphatic carbocycles. The van der Waals surface area contributed by atoms with Crippen molar-refractivity contribution in [3.63, 3.8) is 0 Å². The Morgan fingerprint density at radius 2 is 1.79 bits per heavy atom. The summed E-state index contributed by atoms with van der Waals surface area (Å²) < 4.78 is 41.5. The molecule has 1 saturated carbocycles. The summed E-state index contributed by atoms with van der Waals surface area (Å²) in [6, 6.07) is 1.09. The lowest BCUT2D eigenvalue weighted by Crippen LogP contribution is -2.42. The summed E-state index contributed by atoms with van der Waals surface area (Å²) in [5, 5.41) is 4.16. The van der Waals surface area contributed by atoms with Gasteiger partial charge in [-0.3, -0.25) is 4.79 Å². The number of carbonyl (C=O) groups is 1. The molecule has 0 atom stereocenters. The lowest BCUT2D eigenvalue weighted by Gasteiger charge is -2.35. The lowest BCUT2D eigenvalue weighted by atomic mass is 9.86. The summed E-state index contributed by atoms with van der Waals surface area (Å²) >= 11 is 1.18. The van der Waals surface area contributed by atoms with Gasteiger partial charge < -0.3 is 4.90 Å². The molecular formula is C19H24F3N5OS. The maximum absolute atomic E-state index is 13.6. The summed E-state index contributed by atoms with van der Waals surface area (Å²) in [5.41, 5.74) is -0.472. The second kappa shape index (κ2) is 8.12. The normalized spacial score (nSPS) is 19.8. The highest BCUT2D eigenvalue weighted by atomic mass is 32.2. The Morgan fingerprint density at radius 3 is 2.41 bits per heavy atom. The van der Waals surface area contributed by atoms with Gasteiger partial charge in [0.1, 0.15) is 0 Å². The number of thioether (sulfide) groups is 1. The van der Waals surface area contributed by atoms with Crippen molar-refractivity contribution < 1.29 is 18.0 Å². The first kappa shape index (κ1) is 20.4. The number of amides is 1. The van der Waals surface area contributed by atoms with Gasteiger partial charge >= 0.3 is 6.18 Å². The highest BCUT2D eigenvalue weighted by Crippen LogP contribution is 2.35. The van der Waals surface area contributed by atoms with Gasteiger partial charge in [-0.2, -0.15) is 22.7 Å². The van der Waals surface area contributed by atoms with E-state index in [1.165, 1.54) is 18.2 Å². The minimum atomic E-state index is -4.54. The monoisotopic (exact) mass is 427 g/mol. The quantitative estimate of drug-likeness (QED) is 0.689. The number of carbonyl (C=O) groups excluding carboxylic acids is 1. The Kier molecular flexibility index (Phi) is 5.72. The van der Waals surface area contributed by atoms with Crippen molar-refractivity contribution >= 4 is 23.4 Å². The van der Waals surface area contributed by atoms with E-state index >= 15 is 0 Å². The van der Waals surface area contributed by atoms with Gasteiger partial charge in [-0.15, -0.1) is 5.10 Å². The number of hydrogen-bond acceptors (Lipinski definition) is 5. The largest absolute Gasteiger partial charge is 0.433 e. The molecule has 0 N–H and O–H groups in total. The van der Waals surface area contributed by atoms with Gasteiger partial charge in [0.15, 0.2) is 5.69 Å². The van der Waals surface area contributed by atoms with Crippen LogP contribution in [0.25, 0.3) is 5.78 Å². The molecule has 10 heteroatoms. The van der Waals surface area contributed by atoms with Crippen molar-refractivity contribution in [2.24, 2.45) is 5.92 Å². The topological polar surface area (TPSA) is 63.4 Å². The Hall–Kier alpha value is -1.84. The van der Waals surface area contributed by atoms with Crippen LogP contribution in [0.5, 0.6) is 0 Å². The predicted octanol–water partition coefficient (Wildman–Crippen LogP) is 4.15. The highest BCUT2D eigenvalue weighted by molar-refractivity contribution is 7.98. The van der Waals surface area contributed by atoms with E-state index < -0.39 is 11.9 Å². The maximum atomic E-state index is 13.6. The first-order valence-electron chi connectivity index (χ1n) is 10.0. The van der Waals surface area contributed by atoms with Crippen LogP contribution in [0.4, 0.5) is 13.2 Å². The Morgan fingerprint density at radius 1 is 1.10 bits per heavy atom. The van der Waals surface area contributed by atoms with Crippen molar-refractivity contribution in [2.75, 3.05) is 19.3 Å². The van der Waals surface area contributed by atoms with Crippen molar-refractivity contribution in [1.29, 1.82) is 0 Å². The second-order valence-corrected chi connectivity index (χ2v) is 8.58. The summed E-state index contributed by atoms with van der Waals surface area (Å²) in [5.74, 6) is 0.183. The average Bonchev–Trinajstić information content (AvgIpc) is 3.15. The van der Waals surface area contributed by atoms with Gasteiger partial charge in [-0.05, 0) is 38.0 Å². The molecule has 3 heterocycles. The van der Waals surface area contributed by atoms with E-state index in [1.54, 1.807) is 6.26 Å². The van der Waals surface area contributed by atoms with E-state index in [-0.39, 0.29) is 28.7 Å². The van der Waals surface area contributed by atoms with Crippen LogP contribution in [-0.4, -0.2) is 49.7 Å². The van der Waals surface area contributed by atoms with E-state index in [1.807, 2.05) is 4.90 Å². The fourth-order valence-electron chi connectivity index (χ4n) is 4.37. The molecule has 0 unspecified atom stereocenters. The smallest absolute Gasteiger partial charge is 0.342 e. The molecule has 29 heavy (non-hydrogen) atoms. The molecule has 1 saturated heterocycles. The van der Waals surface area contributed by atoms with Crippen molar-refractivity contribution in [3.05, 3.63) is 17.5 Å². The third-order valence-electron chi connectivity index (χ3n) is 5.96. The Labute approximate surface area is 171 Å². The number of piperidine rings is 1. The molecule has 1 aliphatic heterocycles. The van der Waals surface area contributed by atoms with Gasteiger partial charge in [-0.1, -0.05) is 31.0 Å². The van der Waals surface area contributed by atoms with Crippen molar-refractivity contribution in [1.82, 2.24) is 24.5 Å². The molecule has 0 radical (unpaired) electrons. The van der Waals surface area contributed by atoms with E-state index in [2.05, 4.69) is 15.1 Å². The molecule has 0 bridgehead atoms. The predicted molar refractivity (Wildman–Crippen MR) is 103 cm³/mol. The Bertz CT molecular complexity index is 886. The number of likely N-dealkylation sites (tertiary alicyclic amines) is 1. The van der Waals surface area contributed by atoms with E-state index in [4.69, 9.17) is 0 Å². The minimum Gasteiger partial charge on any atom is -0.342 e. The second-order valence-electron chi connectivity index (χ2n) is 7.81. The summed E-state index contributed by atoms with van der Waals surface area (Å²) in [6.07, 6.45) is 3.71. The fourth-order valence-corrected chi connectivity index (χ4v) is 4.71. The SMILES string of the molecule is CSc1nc2nc(C3CCN(C(=O)C4CCCCC4)CC3)cc(C(F)(F)F)n2n1.